The molecule has 0 aliphatic carbocycles. The molecule has 0 unspecified atom stereocenters. The van der Waals surface area contributed by atoms with E-state index in [1.165, 1.54) is 12.2 Å². The summed E-state index contributed by atoms with van der Waals surface area (Å²) in [6, 6.07) is 0. The van der Waals surface area contributed by atoms with Gasteiger partial charge in [0, 0.05) is 25.5 Å². The minimum absolute atomic E-state index is 0.977. The van der Waals surface area contributed by atoms with Crippen LogP contribution in [0.5, 0.6) is 0 Å². The molecule has 0 aromatic carbocycles. The summed E-state index contributed by atoms with van der Waals surface area (Å²) in [4.78, 5) is 6.76. The quantitative estimate of drug-likeness (QED) is 0.730. The second-order valence-electron chi connectivity index (χ2n) is 3.39. The SMILES string of the molecule is SCCCN1CCn2ccnc2C1. The van der Waals surface area contributed by atoms with Crippen molar-refractivity contribution in [1.29, 1.82) is 0 Å². The van der Waals surface area contributed by atoms with Gasteiger partial charge < -0.3 is 4.57 Å². The van der Waals surface area contributed by atoms with E-state index in [0.717, 1.165) is 31.9 Å². The molecule has 4 heteroatoms. The molecule has 0 N–H and O–H groups in total. The maximum atomic E-state index is 4.32. The van der Waals surface area contributed by atoms with Crippen molar-refractivity contribution < 1.29 is 0 Å². The van der Waals surface area contributed by atoms with Crippen molar-refractivity contribution in [2.45, 2.75) is 19.5 Å². The summed E-state index contributed by atoms with van der Waals surface area (Å²) in [5.41, 5.74) is 0. The summed E-state index contributed by atoms with van der Waals surface area (Å²) < 4.78 is 2.23. The first-order valence-corrected chi connectivity index (χ1v) is 5.36. The van der Waals surface area contributed by atoms with Gasteiger partial charge in [-0.2, -0.15) is 12.6 Å². The van der Waals surface area contributed by atoms with Gasteiger partial charge in [0.1, 0.15) is 5.82 Å². The highest BCUT2D eigenvalue weighted by Gasteiger charge is 2.15. The largest absolute Gasteiger partial charge is 0.333 e. The Hall–Kier alpha value is -0.480. The highest BCUT2D eigenvalue weighted by atomic mass is 32.1. The van der Waals surface area contributed by atoms with Crippen LogP contribution in [0.2, 0.25) is 0 Å². The number of fused-ring (bicyclic) bond motifs is 1. The highest BCUT2D eigenvalue weighted by molar-refractivity contribution is 7.80. The lowest BCUT2D eigenvalue weighted by Gasteiger charge is -2.27. The van der Waals surface area contributed by atoms with Crippen molar-refractivity contribution in [2.24, 2.45) is 0 Å². The molecule has 0 bridgehead atoms. The molecule has 0 amide bonds. The van der Waals surface area contributed by atoms with Gasteiger partial charge in [0.2, 0.25) is 0 Å². The number of imidazole rings is 1. The van der Waals surface area contributed by atoms with Gasteiger partial charge in [-0.05, 0) is 18.7 Å². The third kappa shape index (κ3) is 2.06. The van der Waals surface area contributed by atoms with E-state index in [-0.39, 0.29) is 0 Å². The number of hydrogen-bond donors (Lipinski definition) is 1. The lowest BCUT2D eigenvalue weighted by Crippen LogP contribution is -2.34. The van der Waals surface area contributed by atoms with Gasteiger partial charge in [-0.1, -0.05) is 0 Å². The Bertz CT molecular complexity index is 272. The van der Waals surface area contributed by atoms with E-state index in [1.54, 1.807) is 0 Å². The number of thiol groups is 1. The molecule has 0 saturated carbocycles. The van der Waals surface area contributed by atoms with E-state index in [0.29, 0.717) is 0 Å². The molecule has 72 valence electrons. The normalized spacial score (nSPS) is 17.3. The Labute approximate surface area is 84.2 Å². The molecule has 0 atom stereocenters. The van der Waals surface area contributed by atoms with Gasteiger partial charge in [0.25, 0.3) is 0 Å². The summed E-state index contributed by atoms with van der Waals surface area (Å²) in [5, 5.41) is 0. The van der Waals surface area contributed by atoms with Crippen LogP contribution in [0, 0.1) is 0 Å². The van der Waals surface area contributed by atoms with Crippen molar-refractivity contribution in [2.75, 3.05) is 18.8 Å². The van der Waals surface area contributed by atoms with Crippen LogP contribution in [0.3, 0.4) is 0 Å². The van der Waals surface area contributed by atoms with Crippen LogP contribution in [0.25, 0.3) is 0 Å². The van der Waals surface area contributed by atoms with E-state index >= 15 is 0 Å². The molecule has 13 heavy (non-hydrogen) atoms. The molecule has 1 aromatic heterocycles. The topological polar surface area (TPSA) is 21.1 Å². The molecule has 3 nitrogen and oxygen atoms in total. The Morgan fingerprint density at radius 3 is 3.23 bits per heavy atom. The van der Waals surface area contributed by atoms with E-state index < -0.39 is 0 Å². The summed E-state index contributed by atoms with van der Waals surface area (Å²) in [5.74, 6) is 2.18. The fourth-order valence-electron chi connectivity index (χ4n) is 1.71. The molecule has 2 rings (SSSR count). The summed E-state index contributed by atoms with van der Waals surface area (Å²) in [6.45, 7) is 4.39. The molecule has 0 fully saturated rings. The third-order valence-electron chi connectivity index (χ3n) is 2.46. The fraction of sp³-hybridized carbons (Fsp3) is 0.667. The molecule has 1 aliphatic heterocycles. The number of hydrogen-bond acceptors (Lipinski definition) is 3. The molecular formula is C9H15N3S. The molecule has 2 heterocycles. The minimum Gasteiger partial charge on any atom is -0.333 e. The standard InChI is InChI=1S/C9H15N3S/c13-7-1-3-11-5-6-12-4-2-10-9(12)8-11/h2,4,13H,1,3,5-8H2. The van der Waals surface area contributed by atoms with Crippen LogP contribution in [-0.2, 0) is 13.1 Å². The van der Waals surface area contributed by atoms with E-state index in [4.69, 9.17) is 0 Å². The minimum atomic E-state index is 0.977. The number of rotatable bonds is 3. The fourth-order valence-corrected chi connectivity index (χ4v) is 1.85. The third-order valence-corrected chi connectivity index (χ3v) is 2.77. The first kappa shape index (κ1) is 9.09. The van der Waals surface area contributed by atoms with Crippen molar-refractivity contribution >= 4 is 12.6 Å². The lowest BCUT2D eigenvalue weighted by atomic mass is 10.3. The average Bonchev–Trinajstić information content (AvgIpc) is 2.61. The van der Waals surface area contributed by atoms with Gasteiger partial charge in [-0.15, -0.1) is 0 Å². The van der Waals surface area contributed by atoms with Crippen LogP contribution in [0.4, 0.5) is 0 Å². The smallest absolute Gasteiger partial charge is 0.122 e. The zero-order chi connectivity index (χ0) is 9.10. The number of aromatic nitrogens is 2. The lowest BCUT2D eigenvalue weighted by molar-refractivity contribution is 0.218. The van der Waals surface area contributed by atoms with Crippen molar-refractivity contribution in [3.05, 3.63) is 18.2 Å². The van der Waals surface area contributed by atoms with Crippen LogP contribution in [-0.4, -0.2) is 33.3 Å². The van der Waals surface area contributed by atoms with Crippen LogP contribution < -0.4 is 0 Å². The highest BCUT2D eigenvalue weighted by Crippen LogP contribution is 2.10. The predicted octanol–water partition coefficient (Wildman–Crippen LogP) is 1.02. The van der Waals surface area contributed by atoms with E-state index in [9.17, 15) is 0 Å². The van der Waals surface area contributed by atoms with Crippen LogP contribution >= 0.6 is 12.6 Å². The Balaban J connectivity index is 1.93. The molecule has 0 saturated heterocycles. The Morgan fingerprint density at radius 1 is 1.46 bits per heavy atom. The number of nitrogens with zero attached hydrogens (tertiary/aromatic N) is 3. The first-order chi connectivity index (χ1) is 6.40. The van der Waals surface area contributed by atoms with Gasteiger partial charge >= 0.3 is 0 Å². The second kappa shape index (κ2) is 4.15. The van der Waals surface area contributed by atoms with Crippen LogP contribution in [0.15, 0.2) is 12.4 Å². The molecule has 0 radical (unpaired) electrons. The van der Waals surface area contributed by atoms with Crippen molar-refractivity contribution in [3.63, 3.8) is 0 Å². The zero-order valence-corrected chi connectivity index (χ0v) is 8.58. The van der Waals surface area contributed by atoms with Crippen molar-refractivity contribution in [3.8, 4) is 0 Å². The van der Waals surface area contributed by atoms with Crippen molar-refractivity contribution in [1.82, 2.24) is 14.5 Å². The maximum absolute atomic E-state index is 4.32. The maximum Gasteiger partial charge on any atom is 0.122 e. The van der Waals surface area contributed by atoms with E-state index in [2.05, 4.69) is 33.3 Å². The Morgan fingerprint density at radius 2 is 2.38 bits per heavy atom. The first-order valence-electron chi connectivity index (χ1n) is 4.73. The van der Waals surface area contributed by atoms with Gasteiger partial charge in [-0.3, -0.25) is 4.90 Å². The molecule has 0 spiro atoms. The van der Waals surface area contributed by atoms with Crippen LogP contribution in [0.1, 0.15) is 12.2 Å². The predicted molar refractivity (Wildman–Crippen MR) is 56.0 cm³/mol. The molecule has 1 aliphatic rings. The second-order valence-corrected chi connectivity index (χ2v) is 3.84. The molecular weight excluding hydrogens is 182 g/mol. The average molecular weight is 197 g/mol. The zero-order valence-electron chi connectivity index (χ0n) is 7.69. The van der Waals surface area contributed by atoms with Gasteiger partial charge in [0.15, 0.2) is 0 Å². The summed E-state index contributed by atoms with van der Waals surface area (Å²) >= 11 is 4.22. The summed E-state index contributed by atoms with van der Waals surface area (Å²) in [6.07, 6.45) is 5.12. The van der Waals surface area contributed by atoms with Gasteiger partial charge in [-0.25, -0.2) is 4.98 Å². The Kier molecular flexibility index (Phi) is 2.90. The van der Waals surface area contributed by atoms with E-state index in [1.807, 2.05) is 6.20 Å². The monoisotopic (exact) mass is 197 g/mol. The molecule has 1 aromatic rings. The van der Waals surface area contributed by atoms with Gasteiger partial charge in [0.05, 0.1) is 6.54 Å². The summed E-state index contributed by atoms with van der Waals surface area (Å²) in [7, 11) is 0.